The van der Waals surface area contributed by atoms with Gasteiger partial charge in [-0.05, 0) is 63.8 Å². The fourth-order valence-electron chi connectivity index (χ4n) is 4.88. The molecule has 1 saturated carbocycles. The van der Waals surface area contributed by atoms with Crippen molar-refractivity contribution < 1.29 is 18.8 Å². The number of amides is 2. The van der Waals surface area contributed by atoms with Gasteiger partial charge in [-0.3, -0.25) is 5.32 Å². The fraction of sp³-hybridized carbons (Fsp3) is 0.458. The number of aliphatic hydroxyl groups excluding tert-OH is 1. The number of nitrogens with zero attached hydrogens (tertiary/aromatic N) is 3. The third kappa shape index (κ3) is 4.65. The fourth-order valence-corrected chi connectivity index (χ4v) is 5.92. The first-order valence-corrected chi connectivity index (χ1v) is 12.4. The molecule has 2 aromatic heterocycles. The van der Waals surface area contributed by atoms with Gasteiger partial charge in [0, 0.05) is 30.1 Å². The van der Waals surface area contributed by atoms with Crippen LogP contribution in [0.25, 0.3) is 11.3 Å². The largest absolute Gasteiger partial charge is 0.393 e. The summed E-state index contributed by atoms with van der Waals surface area (Å²) in [5.74, 6) is 0.999. The van der Waals surface area contributed by atoms with Crippen molar-refractivity contribution in [1.82, 2.24) is 15.5 Å². The first kappa shape index (κ1) is 22.8. The minimum atomic E-state index is -0.296. The van der Waals surface area contributed by atoms with Crippen molar-refractivity contribution in [3.63, 3.8) is 0 Å². The number of rotatable bonds is 4. The lowest BCUT2D eigenvalue weighted by Crippen LogP contribution is -2.41. The number of hydrogen-bond acceptors (Lipinski definition) is 7. The number of halogens is 1. The zero-order valence-electron chi connectivity index (χ0n) is 19.1. The van der Waals surface area contributed by atoms with E-state index in [0.717, 1.165) is 35.4 Å². The molecule has 0 unspecified atom stereocenters. The predicted molar refractivity (Wildman–Crippen MR) is 128 cm³/mol. The summed E-state index contributed by atoms with van der Waals surface area (Å²) in [6.45, 7) is 4.21. The van der Waals surface area contributed by atoms with Crippen molar-refractivity contribution in [1.29, 1.82) is 0 Å². The number of aliphatic hydroxyl groups is 1. The normalized spacial score (nSPS) is 24.5. The molecular formula is C24H28FN5O3S. The molecule has 2 amide bonds. The van der Waals surface area contributed by atoms with Crippen LogP contribution in [-0.2, 0) is 6.42 Å². The zero-order chi connectivity index (χ0) is 23.8. The molecule has 0 bridgehead atoms. The van der Waals surface area contributed by atoms with E-state index in [9.17, 15) is 14.3 Å². The molecule has 10 heteroatoms. The predicted octanol–water partition coefficient (Wildman–Crippen LogP) is 4.87. The molecule has 2 aliphatic rings. The lowest BCUT2D eigenvalue weighted by Gasteiger charge is -2.37. The summed E-state index contributed by atoms with van der Waals surface area (Å²) >= 11 is 1.47. The molecule has 1 aromatic carbocycles. The minimum Gasteiger partial charge on any atom is -0.393 e. The molecule has 1 fully saturated rings. The van der Waals surface area contributed by atoms with Crippen molar-refractivity contribution in [2.45, 2.75) is 70.2 Å². The first-order chi connectivity index (χ1) is 16.4. The van der Waals surface area contributed by atoms with E-state index in [2.05, 4.69) is 39.5 Å². The maximum Gasteiger partial charge on any atom is 0.321 e. The molecule has 34 heavy (non-hydrogen) atoms. The molecule has 180 valence electrons. The average molecular weight is 486 g/mol. The Morgan fingerprint density at radius 3 is 2.68 bits per heavy atom. The molecule has 3 N–H and O–H groups in total. The summed E-state index contributed by atoms with van der Waals surface area (Å²) in [4.78, 5) is 20.4. The van der Waals surface area contributed by atoms with Crippen LogP contribution in [0.1, 0.15) is 56.1 Å². The summed E-state index contributed by atoms with van der Waals surface area (Å²) in [5, 5.41) is 20.4. The molecule has 2 atom stereocenters. The number of aromatic nitrogens is 2. The SMILES string of the molecule is C[C@@H]1Cc2nc(NC(=O)N[C@H]3CC[C@H](O)CC3)sc2[C@H](C)N1c1cc(-c2ccc(F)cc2)on1. The number of nitrogens with one attached hydrogen (secondary N) is 2. The second-order valence-corrected chi connectivity index (χ2v) is 10.2. The van der Waals surface area contributed by atoms with E-state index in [1.54, 1.807) is 12.1 Å². The molecule has 3 heterocycles. The van der Waals surface area contributed by atoms with Crippen LogP contribution in [0, 0.1) is 5.82 Å². The van der Waals surface area contributed by atoms with Crippen LogP contribution < -0.4 is 15.5 Å². The van der Waals surface area contributed by atoms with Crippen LogP contribution in [0.5, 0.6) is 0 Å². The minimum absolute atomic E-state index is 0.000797. The van der Waals surface area contributed by atoms with Crippen LogP contribution in [0.4, 0.5) is 20.1 Å². The number of anilines is 2. The number of carbonyl (C=O) groups excluding carboxylic acids is 1. The smallest absolute Gasteiger partial charge is 0.321 e. The van der Waals surface area contributed by atoms with Crippen molar-refractivity contribution in [3.05, 3.63) is 46.7 Å². The van der Waals surface area contributed by atoms with Gasteiger partial charge < -0.3 is 19.8 Å². The Morgan fingerprint density at radius 2 is 1.94 bits per heavy atom. The van der Waals surface area contributed by atoms with Crippen molar-refractivity contribution in [2.24, 2.45) is 0 Å². The van der Waals surface area contributed by atoms with Gasteiger partial charge in [-0.15, -0.1) is 0 Å². The number of carbonyl (C=O) groups is 1. The van der Waals surface area contributed by atoms with E-state index in [0.29, 0.717) is 29.6 Å². The molecule has 1 aliphatic heterocycles. The summed E-state index contributed by atoms with van der Waals surface area (Å²) < 4.78 is 18.8. The van der Waals surface area contributed by atoms with Gasteiger partial charge in [0.2, 0.25) is 0 Å². The van der Waals surface area contributed by atoms with Crippen LogP contribution in [-0.4, -0.2) is 39.5 Å². The van der Waals surface area contributed by atoms with Gasteiger partial charge in [0.1, 0.15) is 5.82 Å². The van der Waals surface area contributed by atoms with E-state index < -0.39 is 0 Å². The van der Waals surface area contributed by atoms with Gasteiger partial charge in [0.25, 0.3) is 0 Å². The van der Waals surface area contributed by atoms with E-state index in [-0.39, 0.29) is 36.1 Å². The maximum absolute atomic E-state index is 13.3. The lowest BCUT2D eigenvalue weighted by molar-refractivity contribution is 0.118. The van der Waals surface area contributed by atoms with Gasteiger partial charge in [-0.25, -0.2) is 14.2 Å². The van der Waals surface area contributed by atoms with Crippen LogP contribution in [0.15, 0.2) is 34.9 Å². The molecule has 0 spiro atoms. The Balaban J connectivity index is 1.28. The van der Waals surface area contributed by atoms with Gasteiger partial charge in [-0.2, -0.15) is 0 Å². The second-order valence-electron chi connectivity index (χ2n) is 9.13. The summed E-state index contributed by atoms with van der Waals surface area (Å²) in [6, 6.07) is 7.96. The Hall–Kier alpha value is -2.98. The highest BCUT2D eigenvalue weighted by atomic mass is 32.1. The molecule has 3 aromatic rings. The summed E-state index contributed by atoms with van der Waals surface area (Å²) in [5.41, 5.74) is 1.75. The van der Waals surface area contributed by atoms with Crippen molar-refractivity contribution in [2.75, 3.05) is 10.2 Å². The molecule has 8 nitrogen and oxygen atoms in total. The van der Waals surface area contributed by atoms with Gasteiger partial charge in [0.15, 0.2) is 16.7 Å². The van der Waals surface area contributed by atoms with Crippen LogP contribution in [0.2, 0.25) is 0 Å². The number of thiazole rings is 1. The highest BCUT2D eigenvalue weighted by molar-refractivity contribution is 7.16. The number of hydrogen-bond donors (Lipinski definition) is 3. The first-order valence-electron chi connectivity index (χ1n) is 11.6. The molecule has 0 saturated heterocycles. The monoisotopic (exact) mass is 485 g/mol. The Bertz CT molecular complexity index is 1160. The van der Waals surface area contributed by atoms with E-state index >= 15 is 0 Å². The number of urea groups is 1. The second kappa shape index (κ2) is 9.34. The standard InChI is InChI=1S/C24H28FN5O3S/c1-13-11-19-22(34-24(27-19)28-23(32)26-17-7-9-18(31)10-8-17)14(2)30(13)21-12-20(33-29-21)15-3-5-16(25)6-4-15/h3-6,12-14,17-18,31H,7-11H2,1-2H3,(H2,26,27,28,32)/t13-,14+,17-,18-/m1/s1. The third-order valence-electron chi connectivity index (χ3n) is 6.63. The van der Waals surface area contributed by atoms with Crippen molar-refractivity contribution in [3.8, 4) is 11.3 Å². The van der Waals surface area contributed by atoms with E-state index in [1.807, 2.05) is 6.07 Å². The molecule has 5 rings (SSSR count). The average Bonchev–Trinajstić information content (AvgIpc) is 3.43. The van der Waals surface area contributed by atoms with Gasteiger partial charge in [-0.1, -0.05) is 16.5 Å². The Kier molecular flexibility index (Phi) is 6.26. The quantitative estimate of drug-likeness (QED) is 0.487. The van der Waals surface area contributed by atoms with Crippen molar-refractivity contribution >= 4 is 28.3 Å². The van der Waals surface area contributed by atoms with E-state index in [4.69, 9.17) is 4.52 Å². The van der Waals surface area contributed by atoms with E-state index in [1.165, 1.54) is 23.5 Å². The number of benzene rings is 1. The highest BCUT2D eigenvalue weighted by Crippen LogP contribution is 2.41. The summed E-state index contributed by atoms with van der Waals surface area (Å²) in [7, 11) is 0. The topological polar surface area (TPSA) is 104 Å². The Morgan fingerprint density at radius 1 is 1.21 bits per heavy atom. The van der Waals surface area contributed by atoms with Gasteiger partial charge >= 0.3 is 6.03 Å². The van der Waals surface area contributed by atoms with Crippen LogP contribution >= 0.6 is 11.3 Å². The molecular weight excluding hydrogens is 457 g/mol. The van der Waals surface area contributed by atoms with Gasteiger partial charge in [0.05, 0.1) is 22.7 Å². The van der Waals surface area contributed by atoms with Crippen LogP contribution in [0.3, 0.4) is 0 Å². The zero-order valence-corrected chi connectivity index (χ0v) is 19.9. The Labute approximate surface area is 201 Å². The molecule has 0 radical (unpaired) electrons. The maximum atomic E-state index is 13.3. The summed E-state index contributed by atoms with van der Waals surface area (Å²) in [6.07, 6.45) is 3.46. The highest BCUT2D eigenvalue weighted by Gasteiger charge is 2.34. The third-order valence-corrected chi connectivity index (χ3v) is 7.81. The number of fused-ring (bicyclic) bond motifs is 1. The molecule has 1 aliphatic carbocycles. The lowest BCUT2D eigenvalue weighted by atomic mass is 9.93.